The molecule has 0 amide bonds. The lowest BCUT2D eigenvalue weighted by Crippen LogP contribution is -2.39. The van der Waals surface area contributed by atoms with E-state index in [9.17, 15) is 14.7 Å². The van der Waals surface area contributed by atoms with Gasteiger partial charge in [0.1, 0.15) is 0 Å². The van der Waals surface area contributed by atoms with Gasteiger partial charge in [0.2, 0.25) is 0 Å². The molecule has 15 heavy (non-hydrogen) atoms. The third kappa shape index (κ3) is 2.90. The standard InChI is InChI=1S/C9H14O6/c1-4-7(14-5(2)10)8(9(12)13-4)15-6(3)11/h4,7-9,12H,1-3H3/t4-,7-,8+,9?/m1/s1. The van der Waals surface area contributed by atoms with Crippen molar-refractivity contribution in [2.45, 2.75) is 45.4 Å². The van der Waals surface area contributed by atoms with E-state index in [1.54, 1.807) is 6.92 Å². The van der Waals surface area contributed by atoms with Gasteiger partial charge >= 0.3 is 11.9 Å². The van der Waals surface area contributed by atoms with E-state index in [0.717, 1.165) is 0 Å². The van der Waals surface area contributed by atoms with Crippen molar-refractivity contribution >= 4 is 11.9 Å². The van der Waals surface area contributed by atoms with Gasteiger partial charge in [-0.1, -0.05) is 0 Å². The van der Waals surface area contributed by atoms with E-state index >= 15 is 0 Å². The first-order chi connectivity index (χ1) is 6.91. The van der Waals surface area contributed by atoms with Crippen molar-refractivity contribution in [1.29, 1.82) is 0 Å². The predicted molar refractivity (Wildman–Crippen MR) is 47.7 cm³/mol. The summed E-state index contributed by atoms with van der Waals surface area (Å²) in [6.07, 6.45) is -3.48. The molecule has 1 N–H and O–H groups in total. The van der Waals surface area contributed by atoms with Crippen LogP contribution in [0.15, 0.2) is 0 Å². The van der Waals surface area contributed by atoms with Crippen LogP contribution in [0.4, 0.5) is 0 Å². The Bertz CT molecular complexity index is 237. The fraction of sp³-hybridized carbons (Fsp3) is 0.778. The van der Waals surface area contributed by atoms with E-state index in [2.05, 4.69) is 0 Å². The molecule has 1 aliphatic rings. The molecule has 6 nitrogen and oxygen atoms in total. The van der Waals surface area contributed by atoms with Gasteiger partial charge in [0.05, 0.1) is 6.10 Å². The lowest BCUT2D eigenvalue weighted by molar-refractivity contribution is -0.174. The molecule has 0 aromatic carbocycles. The van der Waals surface area contributed by atoms with Gasteiger partial charge in [-0.05, 0) is 6.92 Å². The predicted octanol–water partition coefficient (Wildman–Crippen LogP) is -0.413. The van der Waals surface area contributed by atoms with Gasteiger partial charge in [-0.15, -0.1) is 0 Å². The Morgan fingerprint density at radius 2 is 1.60 bits per heavy atom. The summed E-state index contributed by atoms with van der Waals surface area (Å²) < 4.78 is 14.7. The first kappa shape index (κ1) is 11.9. The van der Waals surface area contributed by atoms with Gasteiger partial charge in [-0.3, -0.25) is 9.59 Å². The van der Waals surface area contributed by atoms with Crippen molar-refractivity contribution in [3.63, 3.8) is 0 Å². The number of aliphatic hydroxyl groups is 1. The van der Waals surface area contributed by atoms with Gasteiger partial charge in [0, 0.05) is 13.8 Å². The molecule has 1 unspecified atom stereocenters. The van der Waals surface area contributed by atoms with Crippen LogP contribution in [-0.4, -0.2) is 41.6 Å². The summed E-state index contributed by atoms with van der Waals surface area (Å²) in [6, 6.07) is 0. The minimum absolute atomic E-state index is 0.506. The van der Waals surface area contributed by atoms with E-state index in [4.69, 9.17) is 14.2 Å². The highest BCUT2D eigenvalue weighted by Gasteiger charge is 2.46. The van der Waals surface area contributed by atoms with Crippen LogP contribution in [0.5, 0.6) is 0 Å². The van der Waals surface area contributed by atoms with Crippen LogP contribution in [0.1, 0.15) is 20.8 Å². The molecular formula is C9H14O6. The molecule has 86 valence electrons. The monoisotopic (exact) mass is 218 g/mol. The Balaban J connectivity index is 2.70. The fourth-order valence-electron chi connectivity index (χ4n) is 1.48. The number of carbonyl (C=O) groups excluding carboxylic acids is 2. The molecule has 1 heterocycles. The summed E-state index contributed by atoms with van der Waals surface area (Å²) in [4.78, 5) is 21.5. The Kier molecular flexibility index (Phi) is 3.65. The molecule has 4 atom stereocenters. The van der Waals surface area contributed by atoms with Crippen molar-refractivity contribution in [1.82, 2.24) is 0 Å². The first-order valence-electron chi connectivity index (χ1n) is 4.59. The summed E-state index contributed by atoms with van der Waals surface area (Å²) in [5.74, 6) is -1.07. The fourth-order valence-corrected chi connectivity index (χ4v) is 1.48. The zero-order chi connectivity index (χ0) is 11.6. The molecule has 0 bridgehead atoms. The number of rotatable bonds is 2. The van der Waals surface area contributed by atoms with Gasteiger partial charge in [0.25, 0.3) is 0 Å². The van der Waals surface area contributed by atoms with Gasteiger partial charge in [-0.25, -0.2) is 0 Å². The second-order valence-electron chi connectivity index (χ2n) is 3.38. The SMILES string of the molecule is CC(=O)O[C@H]1[C@H](OC(C)=O)C(O)O[C@@H]1C. The normalized spacial score (nSPS) is 34.9. The van der Waals surface area contributed by atoms with E-state index in [1.165, 1.54) is 13.8 Å². The zero-order valence-corrected chi connectivity index (χ0v) is 8.80. The molecule has 0 radical (unpaired) electrons. The van der Waals surface area contributed by atoms with Crippen molar-refractivity contribution in [3.05, 3.63) is 0 Å². The molecule has 0 aromatic rings. The topological polar surface area (TPSA) is 82.1 Å². The van der Waals surface area contributed by atoms with Crippen LogP contribution in [0, 0.1) is 0 Å². The van der Waals surface area contributed by atoms with Crippen LogP contribution in [-0.2, 0) is 23.8 Å². The van der Waals surface area contributed by atoms with Crippen LogP contribution in [0.25, 0.3) is 0 Å². The molecule has 1 rings (SSSR count). The zero-order valence-electron chi connectivity index (χ0n) is 8.80. The Hall–Kier alpha value is -1.14. The Labute approximate surface area is 87.1 Å². The summed E-state index contributed by atoms with van der Waals surface area (Å²) in [7, 11) is 0. The van der Waals surface area contributed by atoms with Crippen LogP contribution < -0.4 is 0 Å². The van der Waals surface area contributed by atoms with Crippen LogP contribution in [0.3, 0.4) is 0 Å². The largest absolute Gasteiger partial charge is 0.456 e. The van der Waals surface area contributed by atoms with Gasteiger partial charge in [0.15, 0.2) is 18.5 Å². The molecule has 0 aromatic heterocycles. The summed E-state index contributed by atoms with van der Waals surface area (Å²) >= 11 is 0. The maximum atomic E-state index is 10.8. The molecule has 1 aliphatic heterocycles. The molecule has 0 saturated carbocycles. The van der Waals surface area contributed by atoms with Crippen molar-refractivity contribution in [2.24, 2.45) is 0 Å². The molecule has 1 saturated heterocycles. The number of aliphatic hydroxyl groups excluding tert-OH is 1. The molecule has 0 aliphatic carbocycles. The lowest BCUT2D eigenvalue weighted by Gasteiger charge is -2.20. The first-order valence-corrected chi connectivity index (χ1v) is 4.59. The number of carbonyl (C=O) groups is 2. The average Bonchev–Trinajstić information content (AvgIpc) is 2.30. The highest BCUT2D eigenvalue weighted by Crippen LogP contribution is 2.25. The quantitative estimate of drug-likeness (QED) is 0.634. The van der Waals surface area contributed by atoms with E-state index in [1.807, 2.05) is 0 Å². The number of hydrogen-bond donors (Lipinski definition) is 1. The smallest absolute Gasteiger partial charge is 0.303 e. The van der Waals surface area contributed by atoms with Crippen molar-refractivity contribution in [3.8, 4) is 0 Å². The van der Waals surface area contributed by atoms with Crippen molar-refractivity contribution in [2.75, 3.05) is 0 Å². The number of esters is 2. The molecule has 6 heteroatoms. The lowest BCUT2D eigenvalue weighted by atomic mass is 10.1. The Morgan fingerprint density at radius 1 is 1.13 bits per heavy atom. The minimum atomic E-state index is -1.26. The van der Waals surface area contributed by atoms with E-state index in [0.29, 0.717) is 0 Å². The third-order valence-corrected chi connectivity index (χ3v) is 2.03. The summed E-state index contributed by atoms with van der Waals surface area (Å²) in [5.41, 5.74) is 0. The molecule has 0 spiro atoms. The Morgan fingerprint density at radius 3 is 2.07 bits per heavy atom. The van der Waals surface area contributed by atoms with Gasteiger partial charge < -0.3 is 19.3 Å². The second-order valence-corrected chi connectivity index (χ2v) is 3.38. The molecule has 1 fully saturated rings. The van der Waals surface area contributed by atoms with Crippen LogP contribution in [0.2, 0.25) is 0 Å². The minimum Gasteiger partial charge on any atom is -0.456 e. The summed E-state index contributed by atoms with van der Waals surface area (Å²) in [5, 5.41) is 9.40. The molecular weight excluding hydrogens is 204 g/mol. The maximum Gasteiger partial charge on any atom is 0.303 e. The maximum absolute atomic E-state index is 10.8. The van der Waals surface area contributed by atoms with Crippen molar-refractivity contribution < 1.29 is 28.9 Å². The highest BCUT2D eigenvalue weighted by atomic mass is 16.7. The number of ether oxygens (including phenoxy) is 3. The third-order valence-electron chi connectivity index (χ3n) is 2.03. The second kappa shape index (κ2) is 4.59. The van der Waals surface area contributed by atoms with Gasteiger partial charge in [-0.2, -0.15) is 0 Å². The van der Waals surface area contributed by atoms with E-state index in [-0.39, 0.29) is 0 Å². The average molecular weight is 218 g/mol. The highest BCUT2D eigenvalue weighted by molar-refractivity contribution is 5.67. The van der Waals surface area contributed by atoms with E-state index < -0.39 is 36.5 Å². The number of hydrogen-bond acceptors (Lipinski definition) is 6. The van der Waals surface area contributed by atoms with Crippen LogP contribution >= 0.6 is 0 Å². The summed E-state index contributed by atoms with van der Waals surface area (Å²) in [6.45, 7) is 4.07.